The van der Waals surface area contributed by atoms with Gasteiger partial charge in [0.25, 0.3) is 0 Å². The molecule has 0 spiro atoms. The van der Waals surface area contributed by atoms with Gasteiger partial charge in [0, 0.05) is 60.2 Å². The molecule has 0 bridgehead atoms. The van der Waals surface area contributed by atoms with Crippen LogP contribution in [-0.2, 0) is 109 Å². The molecule has 0 radical (unpaired) electrons. The molecular weight excluding hydrogens is 1350 g/mol. The number of carbonyl (C=O) groups is 3. The Morgan fingerprint density at radius 3 is 0.968 bits per heavy atom. The number of ether oxygens (including phenoxy) is 15. The molecule has 0 aromatic carbocycles. The quantitative estimate of drug-likeness (QED) is 0.0116. The van der Waals surface area contributed by atoms with Crippen molar-refractivity contribution < 1.29 is 175 Å². The fourth-order valence-corrected chi connectivity index (χ4v) is 10.2. The molecule has 16 N–H and O–H groups in total. The minimum atomic E-state index is -4.40. The van der Waals surface area contributed by atoms with Gasteiger partial charge in [-0.2, -0.15) is 4.67 Å². The molecule has 560 valence electrons. The van der Waals surface area contributed by atoms with E-state index in [4.69, 9.17) is 95.5 Å². The smallest absolute Gasteiger partial charge is 0.325 e. The number of aliphatic hydroxyl groups excluding tert-OH is 9. The Labute approximate surface area is 551 Å². The Bertz CT molecular complexity index is 2040. The van der Waals surface area contributed by atoms with Crippen LogP contribution in [0.2, 0.25) is 0 Å². The molecule has 3 saturated heterocycles. The number of amides is 3. The van der Waals surface area contributed by atoms with E-state index in [2.05, 4.69) is 25.7 Å². The van der Waals surface area contributed by atoms with Gasteiger partial charge in [-0.1, -0.05) is 12.0 Å². The van der Waals surface area contributed by atoms with Gasteiger partial charge in [0.2, 0.25) is 17.7 Å². The molecule has 0 aliphatic carbocycles. The SMILES string of the molecule is CC(COCCC(=O)NCCOCCOCCOC1OC(CCOOOP)C(O)C(O)C1O)(COCCC(=O)NCCOCCOCCOC1OC(CCP(=O)(O)O)C(O)C(O)C1O)COCCC(=O)NCCOCCOCCOC1OC(CCP(=O)(O)O)C(O)C(O)C1O. The van der Waals surface area contributed by atoms with Gasteiger partial charge < -0.3 is 153 Å². The summed E-state index contributed by atoms with van der Waals surface area (Å²) in [6, 6.07) is 0. The molecule has 16 unspecified atom stereocenters. The largest absolute Gasteiger partial charge is 0.388 e. The van der Waals surface area contributed by atoms with Crippen molar-refractivity contribution in [1.29, 1.82) is 0 Å². The van der Waals surface area contributed by atoms with Crippen LogP contribution in [0.1, 0.15) is 45.4 Å². The summed E-state index contributed by atoms with van der Waals surface area (Å²) in [5, 5.41) is 104. The maximum atomic E-state index is 12.6. The van der Waals surface area contributed by atoms with Crippen LogP contribution in [0.25, 0.3) is 0 Å². The van der Waals surface area contributed by atoms with Crippen molar-refractivity contribution in [3.05, 3.63) is 0 Å². The summed E-state index contributed by atoms with van der Waals surface area (Å²) in [5.74, 6) is -0.935. The molecule has 3 heterocycles. The number of carbonyl (C=O) groups excluding carboxylic acids is 3. The highest BCUT2D eigenvalue weighted by atomic mass is 31.2. The normalized spacial score (nSPS) is 27.3. The summed E-state index contributed by atoms with van der Waals surface area (Å²) >= 11 is 0. The first kappa shape index (κ1) is 87.3. The Hall–Kier alpha value is -1.94. The van der Waals surface area contributed by atoms with Crippen molar-refractivity contribution in [2.75, 3.05) is 177 Å². The van der Waals surface area contributed by atoms with Gasteiger partial charge in [-0.25, -0.2) is 4.89 Å². The zero-order chi connectivity index (χ0) is 70.1. The molecular formula is C53H102N3O36P3. The van der Waals surface area contributed by atoms with Crippen molar-refractivity contribution in [2.24, 2.45) is 5.41 Å². The summed E-state index contributed by atoms with van der Waals surface area (Å²) in [4.78, 5) is 79.0. The molecule has 0 saturated carbocycles. The monoisotopic (exact) mass is 1450 g/mol. The third-order valence-electron chi connectivity index (χ3n) is 14.1. The zero-order valence-electron chi connectivity index (χ0n) is 53.2. The second kappa shape index (κ2) is 49.6. The summed E-state index contributed by atoms with van der Waals surface area (Å²) in [5.41, 5.74) is -0.794. The molecule has 16 atom stereocenters. The zero-order valence-corrected chi connectivity index (χ0v) is 56.1. The minimum Gasteiger partial charge on any atom is -0.388 e. The van der Waals surface area contributed by atoms with Gasteiger partial charge in [-0.3, -0.25) is 23.5 Å². The van der Waals surface area contributed by atoms with Crippen LogP contribution in [0.4, 0.5) is 0 Å². The van der Waals surface area contributed by atoms with Crippen molar-refractivity contribution in [1.82, 2.24) is 16.0 Å². The number of rotatable bonds is 56. The highest BCUT2D eigenvalue weighted by molar-refractivity contribution is 7.52. The summed E-state index contributed by atoms with van der Waals surface area (Å²) < 4.78 is 110. The van der Waals surface area contributed by atoms with Gasteiger partial charge in [-0.15, -0.1) is 0 Å². The van der Waals surface area contributed by atoms with Crippen molar-refractivity contribution >= 4 is 42.4 Å². The Balaban J connectivity index is 1.30. The lowest BCUT2D eigenvalue weighted by Crippen LogP contribution is -2.58. The number of nitrogens with one attached hydrogen (secondary N) is 3. The van der Waals surface area contributed by atoms with E-state index in [0.717, 1.165) is 0 Å². The van der Waals surface area contributed by atoms with Crippen molar-refractivity contribution in [2.45, 2.75) is 138 Å². The van der Waals surface area contributed by atoms with E-state index >= 15 is 0 Å². The van der Waals surface area contributed by atoms with E-state index < -0.39 is 125 Å². The van der Waals surface area contributed by atoms with Gasteiger partial charge in [0.05, 0.1) is 176 Å². The maximum absolute atomic E-state index is 12.6. The maximum Gasteiger partial charge on any atom is 0.325 e. The molecule has 3 aliphatic rings. The first-order valence-corrected chi connectivity index (χ1v) is 35.0. The van der Waals surface area contributed by atoms with E-state index in [1.165, 1.54) is 0 Å². The first-order chi connectivity index (χ1) is 45.3. The third-order valence-corrected chi connectivity index (χ3v) is 15.9. The Morgan fingerprint density at radius 2 is 0.674 bits per heavy atom. The molecule has 3 rings (SSSR count). The van der Waals surface area contributed by atoms with Gasteiger partial charge in [-0.05, 0) is 12.8 Å². The van der Waals surface area contributed by atoms with Crippen LogP contribution in [0.15, 0.2) is 0 Å². The highest BCUT2D eigenvalue weighted by Gasteiger charge is 2.47. The predicted molar refractivity (Wildman–Crippen MR) is 322 cm³/mol. The molecule has 95 heavy (non-hydrogen) atoms. The van der Waals surface area contributed by atoms with Crippen LogP contribution >= 0.6 is 24.7 Å². The van der Waals surface area contributed by atoms with Crippen molar-refractivity contribution in [3.8, 4) is 0 Å². The molecule has 3 aliphatic heterocycles. The summed E-state index contributed by atoms with van der Waals surface area (Å²) in [7, 11) is -6.99. The Kier molecular flexibility index (Phi) is 45.6. The van der Waals surface area contributed by atoms with Crippen molar-refractivity contribution in [3.63, 3.8) is 0 Å². The molecule has 0 aromatic rings. The molecule has 39 nitrogen and oxygen atoms in total. The van der Waals surface area contributed by atoms with Crippen LogP contribution in [-0.4, -0.2) is 353 Å². The van der Waals surface area contributed by atoms with Crippen LogP contribution in [0, 0.1) is 5.41 Å². The lowest BCUT2D eigenvalue weighted by Gasteiger charge is -2.40. The molecule has 3 fully saturated rings. The standard InChI is InChI=1S/C53H102N3O36P3/c1-53(32-81-11-3-38(57)54-8-15-75-18-21-78-24-27-84-50-47(66)44(63)41(60)35(88-50)2-14-87-91-92-93,33-82-12-4-39(58)55-9-16-76-19-22-79-25-28-85-51-48(67)45(64)42(61)36(89-51)6-30-94(69,70)71)34-83-13-5-40(59)56-10-17-77-20-23-80-26-29-86-52-49(68)46(65)43(62)37(90-52)7-31-95(72,73)74/h35-37,41-52,60-68H,2-34,93H2,1H3,(H,54,57)(H,55,58)(H,56,59)(H2,69,70,71)(H2,72,73,74). The first-order valence-electron chi connectivity index (χ1n) is 30.9. The average Bonchev–Trinajstić information content (AvgIpc) is 0.953. The van der Waals surface area contributed by atoms with Crippen LogP contribution in [0.5, 0.6) is 0 Å². The van der Waals surface area contributed by atoms with E-state index in [1.807, 2.05) is 16.4 Å². The van der Waals surface area contributed by atoms with E-state index in [0.29, 0.717) is 0 Å². The minimum absolute atomic E-state index is 0.00168. The number of aliphatic hydroxyl groups is 9. The topological polar surface area (TPSA) is 551 Å². The van der Waals surface area contributed by atoms with E-state index in [9.17, 15) is 69.5 Å². The predicted octanol–water partition coefficient (Wildman–Crippen LogP) is -6.67. The van der Waals surface area contributed by atoms with Gasteiger partial charge in [0.1, 0.15) is 54.9 Å². The van der Waals surface area contributed by atoms with Crippen LogP contribution < -0.4 is 16.0 Å². The van der Waals surface area contributed by atoms with E-state index in [1.54, 1.807) is 0 Å². The molecule has 42 heteroatoms. The van der Waals surface area contributed by atoms with E-state index in [-0.39, 0.29) is 221 Å². The number of hydrogen-bond acceptors (Lipinski definition) is 32. The Morgan fingerprint density at radius 1 is 0.389 bits per heavy atom. The molecule has 3 amide bonds. The lowest BCUT2D eigenvalue weighted by atomic mass is 9.94. The number of hydrogen-bond donors (Lipinski definition) is 16. The molecule has 0 aromatic heterocycles. The summed E-state index contributed by atoms with van der Waals surface area (Å²) in [6.45, 7) is 4.01. The van der Waals surface area contributed by atoms with Crippen LogP contribution in [0.3, 0.4) is 0 Å². The third kappa shape index (κ3) is 38.6. The second-order valence-electron chi connectivity index (χ2n) is 22.2. The summed E-state index contributed by atoms with van der Waals surface area (Å²) in [6.07, 6.45) is -23.1. The second-order valence-corrected chi connectivity index (χ2v) is 26.0. The lowest BCUT2D eigenvalue weighted by molar-refractivity contribution is -0.463. The average molecular weight is 1450 g/mol. The van der Waals surface area contributed by atoms with Gasteiger partial charge >= 0.3 is 15.2 Å². The van der Waals surface area contributed by atoms with Gasteiger partial charge in [0.15, 0.2) is 18.9 Å². The fraction of sp³-hybridized carbons (Fsp3) is 0.943. The highest BCUT2D eigenvalue weighted by Crippen LogP contribution is 2.38. The fourth-order valence-electron chi connectivity index (χ4n) is 8.96.